The zero-order chi connectivity index (χ0) is 18.0. The molecule has 0 aromatic heterocycles. The Morgan fingerprint density at radius 3 is 2.22 bits per heavy atom. The fourth-order valence-corrected chi connectivity index (χ4v) is 2.92. The monoisotopic (exact) mass is 322 g/mol. The number of ketones is 1. The van der Waals surface area contributed by atoms with E-state index in [0.29, 0.717) is 24.9 Å². The lowest BCUT2D eigenvalue weighted by Crippen LogP contribution is -2.37. The van der Waals surface area contributed by atoms with Crippen molar-refractivity contribution in [3.8, 4) is 0 Å². The standard InChI is InChI=1S/C21H38O2/c1-9-12-18(11-3)14-23-15-19(16(4)5)20(22)17(6)21(7,8)13-10-2/h9,11-12,16-17,19H,10,13-15H2,1-8H3/b12-9-,18-11+. The van der Waals surface area contributed by atoms with E-state index in [2.05, 4.69) is 53.7 Å². The summed E-state index contributed by atoms with van der Waals surface area (Å²) < 4.78 is 5.87. The van der Waals surface area contributed by atoms with E-state index in [1.165, 1.54) is 0 Å². The van der Waals surface area contributed by atoms with Gasteiger partial charge in [-0.2, -0.15) is 0 Å². The van der Waals surface area contributed by atoms with Crippen molar-refractivity contribution in [2.75, 3.05) is 13.2 Å². The van der Waals surface area contributed by atoms with Crippen molar-refractivity contribution in [2.45, 2.75) is 68.2 Å². The smallest absolute Gasteiger partial charge is 0.141 e. The maximum absolute atomic E-state index is 13.0. The van der Waals surface area contributed by atoms with Gasteiger partial charge in [0.15, 0.2) is 0 Å². The molecule has 0 aromatic carbocycles. The third-order valence-electron chi connectivity index (χ3n) is 4.98. The summed E-state index contributed by atoms with van der Waals surface area (Å²) in [5, 5.41) is 0. The summed E-state index contributed by atoms with van der Waals surface area (Å²) in [6, 6.07) is 0. The van der Waals surface area contributed by atoms with Gasteiger partial charge in [0.1, 0.15) is 5.78 Å². The fourth-order valence-electron chi connectivity index (χ4n) is 2.92. The van der Waals surface area contributed by atoms with Gasteiger partial charge in [-0.25, -0.2) is 0 Å². The first-order chi connectivity index (χ1) is 10.7. The number of allylic oxidation sites excluding steroid dienone is 2. The highest BCUT2D eigenvalue weighted by Crippen LogP contribution is 2.35. The highest BCUT2D eigenvalue weighted by molar-refractivity contribution is 5.84. The molecule has 2 atom stereocenters. The molecule has 0 aliphatic heterocycles. The second-order valence-electron chi connectivity index (χ2n) is 7.59. The number of hydrogen-bond acceptors (Lipinski definition) is 2. The number of ether oxygens (including phenoxy) is 1. The molecule has 0 bridgehead atoms. The normalized spacial score (nSPS) is 16.1. The number of hydrogen-bond donors (Lipinski definition) is 0. The molecule has 2 heteroatoms. The van der Waals surface area contributed by atoms with Crippen LogP contribution in [0.4, 0.5) is 0 Å². The molecule has 0 N–H and O–H groups in total. The van der Waals surface area contributed by atoms with Gasteiger partial charge in [0.25, 0.3) is 0 Å². The summed E-state index contributed by atoms with van der Waals surface area (Å²) in [5.41, 5.74) is 1.21. The van der Waals surface area contributed by atoms with Gasteiger partial charge < -0.3 is 4.74 Å². The van der Waals surface area contributed by atoms with Crippen molar-refractivity contribution in [1.29, 1.82) is 0 Å². The molecular weight excluding hydrogens is 284 g/mol. The summed E-state index contributed by atoms with van der Waals surface area (Å²) in [6.07, 6.45) is 8.31. The molecule has 0 amide bonds. The van der Waals surface area contributed by atoms with Crippen molar-refractivity contribution in [2.24, 2.45) is 23.2 Å². The molecule has 0 rings (SSSR count). The van der Waals surface area contributed by atoms with Gasteiger partial charge in [-0.1, -0.05) is 66.2 Å². The van der Waals surface area contributed by atoms with Crippen molar-refractivity contribution in [3.05, 3.63) is 23.8 Å². The largest absolute Gasteiger partial charge is 0.376 e. The van der Waals surface area contributed by atoms with E-state index in [1.807, 2.05) is 19.9 Å². The van der Waals surface area contributed by atoms with E-state index in [0.717, 1.165) is 18.4 Å². The third-order valence-corrected chi connectivity index (χ3v) is 4.98. The number of carbonyl (C=O) groups is 1. The highest BCUT2D eigenvalue weighted by Gasteiger charge is 2.35. The zero-order valence-corrected chi connectivity index (χ0v) is 16.6. The van der Waals surface area contributed by atoms with Crippen LogP contribution in [0.5, 0.6) is 0 Å². The molecule has 2 unspecified atom stereocenters. The first-order valence-electron chi connectivity index (χ1n) is 9.10. The van der Waals surface area contributed by atoms with Crippen LogP contribution < -0.4 is 0 Å². The Morgan fingerprint density at radius 1 is 1.17 bits per heavy atom. The molecule has 0 saturated carbocycles. The Bertz CT molecular complexity index is 402. The van der Waals surface area contributed by atoms with Crippen LogP contribution in [-0.2, 0) is 9.53 Å². The molecule has 0 aromatic rings. The van der Waals surface area contributed by atoms with Gasteiger partial charge in [-0.05, 0) is 37.2 Å². The molecule has 0 heterocycles. The average Bonchev–Trinajstić information content (AvgIpc) is 2.48. The minimum Gasteiger partial charge on any atom is -0.376 e. The Morgan fingerprint density at radius 2 is 1.78 bits per heavy atom. The SMILES string of the molecule is C/C=C\C(=C/C)COCC(C(=O)C(C)C(C)(C)CCC)C(C)C. The van der Waals surface area contributed by atoms with E-state index in [-0.39, 0.29) is 17.3 Å². The van der Waals surface area contributed by atoms with Gasteiger partial charge in [-0.3, -0.25) is 4.79 Å². The van der Waals surface area contributed by atoms with Crippen molar-refractivity contribution in [3.63, 3.8) is 0 Å². The Labute approximate surface area is 144 Å². The van der Waals surface area contributed by atoms with Crippen LogP contribution in [0.3, 0.4) is 0 Å². The summed E-state index contributed by atoms with van der Waals surface area (Å²) in [5.74, 6) is 0.699. The molecule has 134 valence electrons. The Kier molecular flexibility index (Phi) is 10.4. The fraction of sp³-hybridized carbons (Fsp3) is 0.762. The summed E-state index contributed by atoms with van der Waals surface area (Å²) >= 11 is 0. The second kappa shape index (κ2) is 10.8. The molecule has 23 heavy (non-hydrogen) atoms. The van der Waals surface area contributed by atoms with E-state index in [9.17, 15) is 4.79 Å². The minimum atomic E-state index is -0.0233. The topological polar surface area (TPSA) is 26.3 Å². The lowest BCUT2D eigenvalue weighted by atomic mass is 9.70. The molecule has 0 spiro atoms. The lowest BCUT2D eigenvalue weighted by Gasteiger charge is -2.34. The van der Waals surface area contributed by atoms with Gasteiger partial charge in [-0.15, -0.1) is 0 Å². The number of carbonyl (C=O) groups excluding carboxylic acids is 1. The van der Waals surface area contributed by atoms with E-state index >= 15 is 0 Å². The second-order valence-corrected chi connectivity index (χ2v) is 7.59. The molecule has 0 aliphatic carbocycles. The summed E-state index contributed by atoms with van der Waals surface area (Å²) in [4.78, 5) is 13.0. The van der Waals surface area contributed by atoms with Gasteiger partial charge in [0.05, 0.1) is 13.2 Å². The van der Waals surface area contributed by atoms with E-state index < -0.39 is 0 Å². The predicted octanol–water partition coefficient (Wildman–Crippen LogP) is 5.83. The Hall–Kier alpha value is -0.890. The first-order valence-corrected chi connectivity index (χ1v) is 9.10. The van der Waals surface area contributed by atoms with Gasteiger partial charge in [0.2, 0.25) is 0 Å². The lowest BCUT2D eigenvalue weighted by molar-refractivity contribution is -0.133. The summed E-state index contributed by atoms with van der Waals surface area (Å²) in [6.45, 7) is 18.0. The van der Waals surface area contributed by atoms with E-state index in [4.69, 9.17) is 4.74 Å². The van der Waals surface area contributed by atoms with Gasteiger partial charge >= 0.3 is 0 Å². The van der Waals surface area contributed by atoms with E-state index in [1.54, 1.807) is 0 Å². The van der Waals surface area contributed by atoms with Crippen LogP contribution in [-0.4, -0.2) is 19.0 Å². The average molecular weight is 323 g/mol. The highest BCUT2D eigenvalue weighted by atomic mass is 16.5. The predicted molar refractivity (Wildman–Crippen MR) is 101 cm³/mol. The quantitative estimate of drug-likeness (QED) is 0.447. The van der Waals surface area contributed by atoms with Gasteiger partial charge in [0, 0.05) is 11.8 Å². The molecule has 2 nitrogen and oxygen atoms in total. The first kappa shape index (κ1) is 22.1. The van der Waals surface area contributed by atoms with Crippen molar-refractivity contribution < 1.29 is 9.53 Å². The van der Waals surface area contributed by atoms with Crippen LogP contribution >= 0.6 is 0 Å². The Balaban J connectivity index is 4.82. The van der Waals surface area contributed by atoms with Crippen LogP contribution in [0.25, 0.3) is 0 Å². The molecular formula is C21H38O2. The third kappa shape index (κ3) is 7.48. The maximum atomic E-state index is 13.0. The molecule has 0 fully saturated rings. The van der Waals surface area contributed by atoms with Crippen LogP contribution in [0, 0.1) is 23.2 Å². The molecule has 0 aliphatic rings. The maximum Gasteiger partial charge on any atom is 0.141 e. The zero-order valence-electron chi connectivity index (χ0n) is 16.6. The van der Waals surface area contributed by atoms with Crippen LogP contribution in [0.15, 0.2) is 23.8 Å². The van der Waals surface area contributed by atoms with Crippen molar-refractivity contribution >= 4 is 5.78 Å². The van der Waals surface area contributed by atoms with Crippen molar-refractivity contribution in [1.82, 2.24) is 0 Å². The minimum absolute atomic E-state index is 0.0233. The molecule has 0 saturated heterocycles. The number of Topliss-reactive ketones (excluding diaryl/α,β-unsaturated/α-hetero) is 1. The van der Waals surface area contributed by atoms with Crippen LogP contribution in [0.2, 0.25) is 0 Å². The summed E-state index contributed by atoms with van der Waals surface area (Å²) in [7, 11) is 0. The van der Waals surface area contributed by atoms with Crippen LogP contribution in [0.1, 0.15) is 68.2 Å². The number of rotatable bonds is 11. The molecule has 0 radical (unpaired) electrons.